The number of amides is 1. The zero-order chi connectivity index (χ0) is 15.8. The van der Waals surface area contributed by atoms with E-state index < -0.39 is 10.0 Å². The van der Waals surface area contributed by atoms with Crippen LogP contribution in [0.15, 0.2) is 14.1 Å². The van der Waals surface area contributed by atoms with Gasteiger partial charge in [-0.05, 0) is 22.0 Å². The molecule has 0 unspecified atom stereocenters. The normalized spacial score (nSPS) is 17.5. The van der Waals surface area contributed by atoms with Gasteiger partial charge in [0.25, 0.3) is 10.0 Å². The standard InChI is InChI=1S/C12H16BrClN2O3S2/c1-8(2)12(17)15-3-5-16(6-4-15)21(18,19)10-7-9(14)11(13)20-10/h7-8H,3-6H2,1-2H3. The number of thiophene rings is 1. The summed E-state index contributed by atoms with van der Waals surface area (Å²) in [7, 11) is -3.53. The molecule has 1 aromatic rings. The van der Waals surface area contributed by atoms with Crippen LogP contribution in [0.5, 0.6) is 0 Å². The predicted octanol–water partition coefficient (Wildman–Crippen LogP) is 2.65. The van der Waals surface area contributed by atoms with E-state index in [0.717, 1.165) is 11.3 Å². The van der Waals surface area contributed by atoms with Gasteiger partial charge in [0.05, 0.1) is 8.81 Å². The third-order valence-corrected chi connectivity index (χ3v) is 8.08. The molecule has 1 aliphatic heterocycles. The molecule has 1 aliphatic rings. The second-order valence-corrected chi connectivity index (χ2v) is 10.0. The molecule has 0 saturated carbocycles. The molecule has 2 rings (SSSR count). The Morgan fingerprint density at radius 1 is 1.33 bits per heavy atom. The first kappa shape index (κ1) is 17.2. The van der Waals surface area contributed by atoms with Gasteiger partial charge < -0.3 is 4.90 Å². The fourth-order valence-corrected chi connectivity index (χ4v) is 6.07. The molecule has 2 heterocycles. The second-order valence-electron chi connectivity index (χ2n) is 5.07. The number of hydrogen-bond donors (Lipinski definition) is 0. The lowest BCUT2D eigenvalue weighted by molar-refractivity contribution is -0.135. The van der Waals surface area contributed by atoms with Crippen LogP contribution in [0.25, 0.3) is 0 Å². The second kappa shape index (κ2) is 6.54. The summed E-state index contributed by atoms with van der Waals surface area (Å²) < 4.78 is 27.3. The molecular formula is C12H16BrClN2O3S2. The SMILES string of the molecule is CC(C)C(=O)N1CCN(S(=O)(=O)c2cc(Cl)c(Br)s2)CC1. The number of rotatable bonds is 3. The van der Waals surface area contributed by atoms with Gasteiger partial charge in [0, 0.05) is 32.1 Å². The molecule has 1 fully saturated rings. The van der Waals surface area contributed by atoms with Crippen molar-refractivity contribution in [3.8, 4) is 0 Å². The molecule has 1 aromatic heterocycles. The number of carbonyl (C=O) groups excluding carboxylic acids is 1. The van der Waals surface area contributed by atoms with Crippen LogP contribution in [0, 0.1) is 5.92 Å². The first-order valence-electron chi connectivity index (χ1n) is 6.47. The predicted molar refractivity (Wildman–Crippen MR) is 87.2 cm³/mol. The summed E-state index contributed by atoms with van der Waals surface area (Å²) in [6, 6.07) is 1.46. The van der Waals surface area contributed by atoms with Crippen LogP contribution in [0.3, 0.4) is 0 Å². The Kier molecular flexibility index (Phi) is 5.36. The number of nitrogens with zero attached hydrogens (tertiary/aromatic N) is 2. The molecule has 0 radical (unpaired) electrons. The summed E-state index contributed by atoms with van der Waals surface area (Å²) in [5.74, 6) is -0.00539. The van der Waals surface area contributed by atoms with E-state index in [1.165, 1.54) is 10.4 Å². The Hall–Kier alpha value is -0.150. The van der Waals surface area contributed by atoms with E-state index in [4.69, 9.17) is 11.6 Å². The highest BCUT2D eigenvalue weighted by Gasteiger charge is 2.32. The number of halogens is 2. The molecule has 0 aromatic carbocycles. The average molecular weight is 416 g/mol. The van der Waals surface area contributed by atoms with E-state index in [2.05, 4.69) is 15.9 Å². The van der Waals surface area contributed by atoms with E-state index in [0.29, 0.717) is 35.0 Å². The van der Waals surface area contributed by atoms with Crippen LogP contribution in [-0.2, 0) is 14.8 Å². The van der Waals surface area contributed by atoms with Gasteiger partial charge in [0.2, 0.25) is 5.91 Å². The van der Waals surface area contributed by atoms with Crippen molar-refractivity contribution in [2.45, 2.75) is 18.1 Å². The summed E-state index contributed by atoms with van der Waals surface area (Å²) in [6.07, 6.45) is 0. The fraction of sp³-hybridized carbons (Fsp3) is 0.583. The number of piperazine rings is 1. The van der Waals surface area contributed by atoms with E-state index >= 15 is 0 Å². The van der Waals surface area contributed by atoms with Gasteiger partial charge in [-0.2, -0.15) is 4.31 Å². The van der Waals surface area contributed by atoms with Crippen molar-refractivity contribution in [1.82, 2.24) is 9.21 Å². The summed E-state index contributed by atoms with van der Waals surface area (Å²) in [5, 5.41) is 0.396. The van der Waals surface area contributed by atoms with Crippen LogP contribution in [0.1, 0.15) is 13.8 Å². The Balaban J connectivity index is 2.09. The molecule has 0 spiro atoms. The van der Waals surface area contributed by atoms with Gasteiger partial charge in [-0.1, -0.05) is 25.4 Å². The first-order valence-corrected chi connectivity index (χ1v) is 9.90. The highest BCUT2D eigenvalue weighted by Crippen LogP contribution is 2.36. The summed E-state index contributed by atoms with van der Waals surface area (Å²) in [6.45, 7) is 5.17. The first-order chi connectivity index (χ1) is 9.73. The van der Waals surface area contributed by atoms with Crippen molar-refractivity contribution in [3.63, 3.8) is 0 Å². The Morgan fingerprint density at radius 3 is 2.33 bits per heavy atom. The molecule has 0 aliphatic carbocycles. The summed E-state index contributed by atoms with van der Waals surface area (Å²) >= 11 is 10.2. The van der Waals surface area contributed by atoms with Crippen LogP contribution in [0.4, 0.5) is 0 Å². The third-order valence-electron chi connectivity index (χ3n) is 3.26. The number of hydrogen-bond acceptors (Lipinski definition) is 4. The lowest BCUT2D eigenvalue weighted by Crippen LogP contribution is -2.51. The topological polar surface area (TPSA) is 57.7 Å². The van der Waals surface area contributed by atoms with Crippen LogP contribution < -0.4 is 0 Å². The molecule has 118 valence electrons. The maximum Gasteiger partial charge on any atom is 0.252 e. The van der Waals surface area contributed by atoms with Crippen molar-refractivity contribution in [2.75, 3.05) is 26.2 Å². The van der Waals surface area contributed by atoms with Crippen LogP contribution in [0.2, 0.25) is 5.02 Å². The summed E-state index contributed by atoms with van der Waals surface area (Å²) in [5.41, 5.74) is 0. The van der Waals surface area contributed by atoms with Gasteiger partial charge in [0.1, 0.15) is 4.21 Å². The smallest absolute Gasteiger partial charge is 0.252 e. The molecule has 1 saturated heterocycles. The van der Waals surface area contributed by atoms with Gasteiger partial charge in [-0.15, -0.1) is 11.3 Å². The Labute approximate surface area is 142 Å². The van der Waals surface area contributed by atoms with Gasteiger partial charge >= 0.3 is 0 Å². The highest BCUT2D eigenvalue weighted by atomic mass is 79.9. The summed E-state index contributed by atoms with van der Waals surface area (Å²) in [4.78, 5) is 13.6. The molecule has 21 heavy (non-hydrogen) atoms. The lowest BCUT2D eigenvalue weighted by atomic mass is 10.2. The zero-order valence-electron chi connectivity index (χ0n) is 11.7. The van der Waals surface area contributed by atoms with Crippen molar-refractivity contribution in [2.24, 2.45) is 5.92 Å². The largest absolute Gasteiger partial charge is 0.340 e. The molecule has 0 bridgehead atoms. The minimum atomic E-state index is -3.53. The molecule has 5 nitrogen and oxygen atoms in total. The minimum Gasteiger partial charge on any atom is -0.340 e. The van der Waals surface area contributed by atoms with E-state index in [1.807, 2.05) is 13.8 Å². The van der Waals surface area contributed by atoms with Crippen LogP contribution >= 0.6 is 38.9 Å². The third kappa shape index (κ3) is 3.61. The molecular weight excluding hydrogens is 400 g/mol. The van der Waals surface area contributed by atoms with Crippen molar-refractivity contribution in [1.29, 1.82) is 0 Å². The lowest BCUT2D eigenvalue weighted by Gasteiger charge is -2.34. The zero-order valence-corrected chi connectivity index (χ0v) is 15.6. The molecule has 0 atom stereocenters. The van der Waals surface area contributed by atoms with E-state index in [-0.39, 0.29) is 16.0 Å². The minimum absolute atomic E-state index is 0.0639. The highest BCUT2D eigenvalue weighted by molar-refractivity contribution is 9.11. The number of carbonyl (C=O) groups is 1. The Bertz CT molecular complexity index is 617. The van der Waals surface area contributed by atoms with Crippen molar-refractivity contribution in [3.05, 3.63) is 14.9 Å². The maximum absolute atomic E-state index is 12.5. The van der Waals surface area contributed by atoms with Gasteiger partial charge in [-0.3, -0.25) is 4.79 Å². The van der Waals surface area contributed by atoms with E-state index in [9.17, 15) is 13.2 Å². The van der Waals surface area contributed by atoms with E-state index in [1.54, 1.807) is 4.90 Å². The average Bonchev–Trinajstić information content (AvgIpc) is 2.78. The molecule has 9 heteroatoms. The van der Waals surface area contributed by atoms with Crippen molar-refractivity contribution < 1.29 is 13.2 Å². The monoisotopic (exact) mass is 414 g/mol. The molecule has 1 amide bonds. The molecule has 0 N–H and O–H groups in total. The Morgan fingerprint density at radius 2 is 1.90 bits per heavy atom. The maximum atomic E-state index is 12.5. The van der Waals surface area contributed by atoms with Gasteiger partial charge in [0.15, 0.2) is 0 Å². The fourth-order valence-electron chi connectivity index (χ4n) is 2.10. The van der Waals surface area contributed by atoms with Gasteiger partial charge in [-0.25, -0.2) is 8.42 Å². The number of sulfonamides is 1. The quantitative estimate of drug-likeness (QED) is 0.762. The van der Waals surface area contributed by atoms with Crippen molar-refractivity contribution >= 4 is 54.8 Å². The van der Waals surface area contributed by atoms with Crippen LogP contribution in [-0.4, -0.2) is 49.7 Å².